The Kier molecular flexibility index (Phi) is 8.22. The predicted octanol–water partition coefficient (Wildman–Crippen LogP) is 3.42. The van der Waals surface area contributed by atoms with Crippen LogP contribution in [-0.4, -0.2) is 47.3 Å². The molecule has 21 heavy (non-hydrogen) atoms. The molecule has 2 atom stereocenters. The molecule has 1 saturated carbocycles. The maximum atomic E-state index is 9.96. The number of nitrogens with one attached hydrogen (secondary N) is 1. The normalized spacial score (nSPS) is 27.0. The van der Waals surface area contributed by atoms with E-state index in [0.717, 1.165) is 25.3 Å². The average Bonchev–Trinajstić information content (AvgIpc) is 2.48. The summed E-state index contributed by atoms with van der Waals surface area (Å²) >= 11 is 0. The quantitative estimate of drug-likeness (QED) is 0.685. The summed E-state index contributed by atoms with van der Waals surface area (Å²) in [5.74, 6) is 0.813. The van der Waals surface area contributed by atoms with Gasteiger partial charge in [-0.1, -0.05) is 47.5 Å². The van der Waals surface area contributed by atoms with Gasteiger partial charge >= 0.3 is 0 Å². The topological polar surface area (TPSA) is 35.5 Å². The van der Waals surface area contributed by atoms with Gasteiger partial charge in [-0.3, -0.25) is 0 Å². The molecule has 0 aromatic rings. The van der Waals surface area contributed by atoms with Gasteiger partial charge in [0.15, 0.2) is 0 Å². The summed E-state index contributed by atoms with van der Waals surface area (Å²) in [7, 11) is 0. The third-order valence-corrected chi connectivity index (χ3v) is 5.29. The van der Waals surface area contributed by atoms with E-state index in [1.54, 1.807) is 0 Å². The molecule has 0 heterocycles. The summed E-state index contributed by atoms with van der Waals surface area (Å²) in [5, 5.41) is 13.6. The van der Waals surface area contributed by atoms with E-state index in [-0.39, 0.29) is 12.1 Å². The SMILES string of the molecule is CCC(CC)CN(CC)C1CCCC(CO)(NC(C)C)C1. The molecule has 0 aromatic carbocycles. The summed E-state index contributed by atoms with van der Waals surface area (Å²) in [5.41, 5.74) is -0.0571. The average molecular weight is 299 g/mol. The number of rotatable bonds is 9. The van der Waals surface area contributed by atoms with Crippen molar-refractivity contribution in [1.82, 2.24) is 10.2 Å². The highest BCUT2D eigenvalue weighted by Crippen LogP contribution is 2.32. The minimum atomic E-state index is -0.0571. The van der Waals surface area contributed by atoms with Crippen LogP contribution in [0.2, 0.25) is 0 Å². The Morgan fingerprint density at radius 1 is 1.24 bits per heavy atom. The van der Waals surface area contributed by atoms with E-state index >= 15 is 0 Å². The lowest BCUT2D eigenvalue weighted by Crippen LogP contribution is -2.58. The first kappa shape index (κ1) is 18.9. The van der Waals surface area contributed by atoms with Crippen LogP contribution in [0.15, 0.2) is 0 Å². The van der Waals surface area contributed by atoms with Crippen molar-refractivity contribution < 1.29 is 5.11 Å². The van der Waals surface area contributed by atoms with Crippen molar-refractivity contribution in [2.24, 2.45) is 5.92 Å². The van der Waals surface area contributed by atoms with Crippen molar-refractivity contribution in [2.45, 2.75) is 90.8 Å². The Labute approximate surface area is 132 Å². The fourth-order valence-electron chi connectivity index (χ4n) is 3.99. The van der Waals surface area contributed by atoms with E-state index in [9.17, 15) is 5.11 Å². The fourth-order valence-corrected chi connectivity index (χ4v) is 3.99. The predicted molar refractivity (Wildman–Crippen MR) is 91.7 cm³/mol. The number of aliphatic hydroxyl groups is 1. The van der Waals surface area contributed by atoms with Crippen LogP contribution < -0.4 is 5.32 Å². The van der Waals surface area contributed by atoms with Gasteiger partial charge in [0, 0.05) is 24.2 Å². The van der Waals surface area contributed by atoms with Crippen molar-refractivity contribution in [3.8, 4) is 0 Å². The Bertz CT molecular complexity index is 278. The van der Waals surface area contributed by atoms with Gasteiger partial charge in [0.05, 0.1) is 6.61 Å². The molecule has 0 aliphatic heterocycles. The van der Waals surface area contributed by atoms with Crippen molar-refractivity contribution >= 4 is 0 Å². The third-order valence-electron chi connectivity index (χ3n) is 5.29. The Hall–Kier alpha value is -0.120. The lowest BCUT2D eigenvalue weighted by Gasteiger charge is -2.46. The van der Waals surface area contributed by atoms with E-state index in [2.05, 4.69) is 44.8 Å². The van der Waals surface area contributed by atoms with Crippen molar-refractivity contribution in [2.75, 3.05) is 19.7 Å². The molecule has 0 aromatic heterocycles. The second-order valence-electron chi connectivity index (χ2n) is 7.26. The van der Waals surface area contributed by atoms with Crippen LogP contribution in [0, 0.1) is 5.92 Å². The summed E-state index contributed by atoms with van der Waals surface area (Å²) in [6, 6.07) is 1.06. The maximum absolute atomic E-state index is 9.96. The van der Waals surface area contributed by atoms with Crippen LogP contribution in [0.25, 0.3) is 0 Å². The van der Waals surface area contributed by atoms with Crippen molar-refractivity contribution in [1.29, 1.82) is 0 Å². The lowest BCUT2D eigenvalue weighted by molar-refractivity contribution is 0.0491. The molecule has 0 radical (unpaired) electrons. The zero-order valence-electron chi connectivity index (χ0n) is 15.0. The Morgan fingerprint density at radius 2 is 1.90 bits per heavy atom. The van der Waals surface area contributed by atoms with Crippen LogP contribution in [0.1, 0.15) is 73.1 Å². The number of hydrogen-bond acceptors (Lipinski definition) is 3. The highest BCUT2D eigenvalue weighted by atomic mass is 16.3. The van der Waals surface area contributed by atoms with Gasteiger partial charge in [0.25, 0.3) is 0 Å². The molecule has 0 spiro atoms. The van der Waals surface area contributed by atoms with E-state index in [0.29, 0.717) is 12.1 Å². The van der Waals surface area contributed by atoms with Crippen LogP contribution in [0.5, 0.6) is 0 Å². The van der Waals surface area contributed by atoms with Gasteiger partial charge in [-0.25, -0.2) is 0 Å². The van der Waals surface area contributed by atoms with Gasteiger partial charge < -0.3 is 15.3 Å². The highest BCUT2D eigenvalue weighted by molar-refractivity contribution is 4.97. The first-order valence-electron chi connectivity index (χ1n) is 9.12. The van der Waals surface area contributed by atoms with Crippen LogP contribution in [0.3, 0.4) is 0 Å². The number of hydrogen-bond donors (Lipinski definition) is 2. The molecule has 3 heteroatoms. The molecule has 1 aliphatic rings. The van der Waals surface area contributed by atoms with Gasteiger partial charge in [-0.2, -0.15) is 0 Å². The molecule has 3 nitrogen and oxygen atoms in total. The second kappa shape index (κ2) is 9.12. The molecule has 1 aliphatic carbocycles. The minimum Gasteiger partial charge on any atom is -0.394 e. The Balaban J connectivity index is 2.71. The monoisotopic (exact) mass is 298 g/mol. The Morgan fingerprint density at radius 3 is 2.38 bits per heavy atom. The molecule has 1 fully saturated rings. The zero-order valence-corrected chi connectivity index (χ0v) is 15.0. The number of nitrogens with zero attached hydrogens (tertiary/aromatic N) is 1. The molecule has 2 N–H and O–H groups in total. The standard InChI is InChI=1S/C18H38N2O/c1-6-16(7-2)13-20(8-3)17-10-9-11-18(12-17,14-21)19-15(4)5/h15-17,19,21H,6-14H2,1-5H3. The molecule has 0 bridgehead atoms. The molecular formula is C18H38N2O. The third kappa shape index (κ3) is 5.54. The summed E-state index contributed by atoms with van der Waals surface area (Å²) < 4.78 is 0. The first-order chi connectivity index (χ1) is 10.00. The maximum Gasteiger partial charge on any atom is 0.0613 e. The molecular weight excluding hydrogens is 260 g/mol. The molecule has 0 saturated heterocycles. The molecule has 0 amide bonds. The zero-order chi connectivity index (χ0) is 15.9. The van der Waals surface area contributed by atoms with Gasteiger partial charge in [0.1, 0.15) is 0 Å². The lowest BCUT2D eigenvalue weighted by atomic mass is 9.78. The van der Waals surface area contributed by atoms with Gasteiger partial charge in [0.2, 0.25) is 0 Å². The van der Waals surface area contributed by atoms with Gasteiger partial charge in [-0.05, 0) is 38.1 Å². The number of aliphatic hydroxyl groups excluding tert-OH is 1. The van der Waals surface area contributed by atoms with Gasteiger partial charge in [-0.15, -0.1) is 0 Å². The summed E-state index contributed by atoms with van der Waals surface area (Å²) in [4.78, 5) is 2.67. The van der Waals surface area contributed by atoms with E-state index < -0.39 is 0 Å². The molecule has 126 valence electrons. The van der Waals surface area contributed by atoms with E-state index in [1.165, 1.54) is 32.2 Å². The van der Waals surface area contributed by atoms with Crippen LogP contribution in [-0.2, 0) is 0 Å². The van der Waals surface area contributed by atoms with Crippen molar-refractivity contribution in [3.05, 3.63) is 0 Å². The summed E-state index contributed by atoms with van der Waals surface area (Å²) in [6.07, 6.45) is 7.26. The van der Waals surface area contributed by atoms with Crippen LogP contribution in [0.4, 0.5) is 0 Å². The minimum absolute atomic E-state index is 0.0571. The second-order valence-corrected chi connectivity index (χ2v) is 7.26. The largest absolute Gasteiger partial charge is 0.394 e. The van der Waals surface area contributed by atoms with E-state index in [1.807, 2.05) is 0 Å². The smallest absolute Gasteiger partial charge is 0.0613 e. The first-order valence-corrected chi connectivity index (χ1v) is 9.12. The highest BCUT2D eigenvalue weighted by Gasteiger charge is 2.38. The molecule has 2 unspecified atom stereocenters. The van der Waals surface area contributed by atoms with E-state index in [4.69, 9.17) is 0 Å². The molecule has 1 rings (SSSR count). The fraction of sp³-hybridized carbons (Fsp3) is 1.00. The van der Waals surface area contributed by atoms with Crippen LogP contribution >= 0.6 is 0 Å². The van der Waals surface area contributed by atoms with Crippen molar-refractivity contribution in [3.63, 3.8) is 0 Å². The summed E-state index contributed by atoms with van der Waals surface area (Å²) in [6.45, 7) is 13.9.